The van der Waals surface area contributed by atoms with Gasteiger partial charge in [-0.15, -0.1) is 0 Å². The van der Waals surface area contributed by atoms with E-state index in [-0.39, 0.29) is 0 Å². The van der Waals surface area contributed by atoms with Crippen molar-refractivity contribution in [2.45, 2.75) is 38.3 Å². The number of rotatable bonds is 6. The van der Waals surface area contributed by atoms with Crippen LogP contribution < -0.4 is 5.32 Å². The Kier molecular flexibility index (Phi) is 4.00. The largest absolute Gasteiger partial charge is 0.377 e. The maximum atomic E-state index is 5.58. The fourth-order valence-corrected chi connectivity index (χ4v) is 2.35. The van der Waals surface area contributed by atoms with Crippen LogP contribution in [-0.4, -0.2) is 50.3 Å². The highest BCUT2D eigenvalue weighted by Gasteiger charge is 2.27. The first-order valence-electron chi connectivity index (χ1n) is 6.30. The van der Waals surface area contributed by atoms with Gasteiger partial charge >= 0.3 is 0 Å². The van der Waals surface area contributed by atoms with Gasteiger partial charge in [-0.25, -0.2) is 0 Å². The average molecular weight is 212 g/mol. The van der Waals surface area contributed by atoms with Crippen molar-refractivity contribution in [1.82, 2.24) is 10.2 Å². The molecule has 1 aliphatic heterocycles. The molecule has 3 heteroatoms. The number of hydrogen-bond acceptors (Lipinski definition) is 3. The van der Waals surface area contributed by atoms with Gasteiger partial charge in [-0.05, 0) is 45.7 Å². The normalized spacial score (nSPS) is 31.4. The van der Waals surface area contributed by atoms with Crippen molar-refractivity contribution in [1.29, 1.82) is 0 Å². The molecule has 0 aromatic rings. The molecular formula is C12H24N2O. The number of nitrogens with one attached hydrogen (secondary N) is 1. The molecule has 3 nitrogen and oxygen atoms in total. The summed E-state index contributed by atoms with van der Waals surface area (Å²) < 4.78 is 5.58. The molecule has 0 amide bonds. The van der Waals surface area contributed by atoms with E-state index in [0.29, 0.717) is 12.1 Å². The molecular weight excluding hydrogens is 188 g/mol. The van der Waals surface area contributed by atoms with Crippen LogP contribution in [0, 0.1) is 5.92 Å². The average Bonchev–Trinajstić information content (AvgIpc) is 2.94. The lowest BCUT2D eigenvalue weighted by atomic mass is 10.1. The van der Waals surface area contributed by atoms with Gasteiger partial charge in [0.2, 0.25) is 0 Å². The highest BCUT2D eigenvalue weighted by molar-refractivity contribution is 4.81. The fourth-order valence-electron chi connectivity index (χ4n) is 2.35. The van der Waals surface area contributed by atoms with Gasteiger partial charge < -0.3 is 10.1 Å². The van der Waals surface area contributed by atoms with Gasteiger partial charge in [-0.1, -0.05) is 0 Å². The van der Waals surface area contributed by atoms with Gasteiger partial charge in [0.1, 0.15) is 0 Å². The summed E-state index contributed by atoms with van der Waals surface area (Å²) in [4.78, 5) is 2.44. The zero-order valence-electron chi connectivity index (χ0n) is 10.0. The van der Waals surface area contributed by atoms with Crippen LogP contribution in [-0.2, 0) is 4.74 Å². The van der Waals surface area contributed by atoms with Crippen LogP contribution in [0.5, 0.6) is 0 Å². The van der Waals surface area contributed by atoms with Crippen LogP contribution in [0.2, 0.25) is 0 Å². The monoisotopic (exact) mass is 212 g/mol. The third kappa shape index (κ3) is 3.44. The molecule has 0 spiro atoms. The first-order valence-corrected chi connectivity index (χ1v) is 6.30. The molecule has 1 aliphatic carbocycles. The Hall–Kier alpha value is -0.120. The minimum Gasteiger partial charge on any atom is -0.377 e. The summed E-state index contributed by atoms with van der Waals surface area (Å²) in [6.07, 6.45) is 4.49. The molecule has 88 valence electrons. The van der Waals surface area contributed by atoms with Crippen molar-refractivity contribution in [3.8, 4) is 0 Å². The van der Waals surface area contributed by atoms with Gasteiger partial charge in [-0.3, -0.25) is 4.90 Å². The number of nitrogens with zero attached hydrogens (tertiary/aromatic N) is 1. The quantitative estimate of drug-likeness (QED) is 0.667. The van der Waals surface area contributed by atoms with E-state index in [1.807, 2.05) is 0 Å². The molecule has 1 N–H and O–H groups in total. The Morgan fingerprint density at radius 1 is 1.33 bits per heavy atom. The minimum absolute atomic E-state index is 0.415. The molecule has 1 saturated carbocycles. The third-order valence-corrected chi connectivity index (χ3v) is 3.67. The van der Waals surface area contributed by atoms with E-state index in [1.165, 1.54) is 25.8 Å². The van der Waals surface area contributed by atoms with E-state index in [9.17, 15) is 0 Å². The molecule has 1 saturated heterocycles. The first-order chi connectivity index (χ1) is 7.27. The van der Waals surface area contributed by atoms with Crippen LogP contribution in [0.4, 0.5) is 0 Å². The Bertz CT molecular complexity index is 194. The van der Waals surface area contributed by atoms with Crippen LogP contribution in [0.1, 0.15) is 26.2 Å². The van der Waals surface area contributed by atoms with E-state index < -0.39 is 0 Å². The lowest BCUT2D eigenvalue weighted by Gasteiger charge is -2.26. The van der Waals surface area contributed by atoms with Crippen molar-refractivity contribution in [3.05, 3.63) is 0 Å². The second-order valence-electron chi connectivity index (χ2n) is 5.06. The van der Waals surface area contributed by atoms with Crippen molar-refractivity contribution >= 4 is 0 Å². The summed E-state index contributed by atoms with van der Waals surface area (Å²) >= 11 is 0. The Morgan fingerprint density at radius 2 is 2.13 bits per heavy atom. The van der Waals surface area contributed by atoms with E-state index >= 15 is 0 Å². The molecule has 0 aromatic heterocycles. The zero-order chi connectivity index (χ0) is 10.7. The molecule has 0 bridgehead atoms. The molecule has 15 heavy (non-hydrogen) atoms. The van der Waals surface area contributed by atoms with Gasteiger partial charge in [0.15, 0.2) is 0 Å². The van der Waals surface area contributed by atoms with E-state index in [4.69, 9.17) is 4.74 Å². The first kappa shape index (κ1) is 11.4. The van der Waals surface area contributed by atoms with Crippen LogP contribution >= 0.6 is 0 Å². The second-order valence-corrected chi connectivity index (χ2v) is 5.06. The molecule has 0 aromatic carbocycles. The third-order valence-electron chi connectivity index (χ3n) is 3.67. The van der Waals surface area contributed by atoms with E-state index in [0.717, 1.165) is 25.6 Å². The van der Waals surface area contributed by atoms with Crippen molar-refractivity contribution < 1.29 is 4.74 Å². The SMILES string of the molecule is CC1OCCC1N(C)CCNCC1CC1. The molecule has 2 fully saturated rings. The zero-order valence-corrected chi connectivity index (χ0v) is 10.0. The highest BCUT2D eigenvalue weighted by atomic mass is 16.5. The maximum absolute atomic E-state index is 5.58. The Balaban J connectivity index is 1.56. The minimum atomic E-state index is 0.415. The van der Waals surface area contributed by atoms with Crippen molar-refractivity contribution in [3.63, 3.8) is 0 Å². The highest BCUT2D eigenvalue weighted by Crippen LogP contribution is 2.27. The number of ether oxygens (including phenoxy) is 1. The smallest absolute Gasteiger partial charge is 0.0702 e. The molecule has 2 unspecified atom stereocenters. The summed E-state index contributed by atoms with van der Waals surface area (Å²) in [6.45, 7) is 6.61. The van der Waals surface area contributed by atoms with Crippen molar-refractivity contribution in [2.75, 3.05) is 33.3 Å². The van der Waals surface area contributed by atoms with Crippen LogP contribution in [0.25, 0.3) is 0 Å². The topological polar surface area (TPSA) is 24.5 Å². The van der Waals surface area contributed by atoms with Gasteiger partial charge in [0, 0.05) is 25.7 Å². The van der Waals surface area contributed by atoms with Crippen LogP contribution in [0.3, 0.4) is 0 Å². The predicted molar refractivity (Wildman–Crippen MR) is 62.0 cm³/mol. The number of likely N-dealkylation sites (N-methyl/N-ethyl adjacent to an activating group) is 1. The molecule has 0 radical (unpaired) electrons. The number of hydrogen-bond donors (Lipinski definition) is 1. The summed E-state index contributed by atoms with van der Waals surface area (Å²) in [5.74, 6) is 0.990. The van der Waals surface area contributed by atoms with Crippen molar-refractivity contribution in [2.24, 2.45) is 5.92 Å². The molecule has 2 rings (SSSR count). The van der Waals surface area contributed by atoms with Gasteiger partial charge in [0.05, 0.1) is 6.10 Å². The molecule has 2 aliphatic rings. The lowest BCUT2D eigenvalue weighted by molar-refractivity contribution is 0.0840. The Labute approximate surface area is 93.2 Å². The van der Waals surface area contributed by atoms with E-state index in [1.54, 1.807) is 0 Å². The van der Waals surface area contributed by atoms with Crippen LogP contribution in [0.15, 0.2) is 0 Å². The standard InChI is InChI=1S/C12H24N2O/c1-10-12(5-8-15-10)14(2)7-6-13-9-11-3-4-11/h10-13H,3-9H2,1-2H3. The summed E-state index contributed by atoms with van der Waals surface area (Å²) in [6, 6.07) is 0.632. The summed E-state index contributed by atoms with van der Waals surface area (Å²) in [7, 11) is 2.22. The molecule has 1 heterocycles. The van der Waals surface area contributed by atoms with Gasteiger partial charge in [-0.2, -0.15) is 0 Å². The maximum Gasteiger partial charge on any atom is 0.0702 e. The lowest BCUT2D eigenvalue weighted by Crippen LogP contribution is -2.40. The van der Waals surface area contributed by atoms with E-state index in [2.05, 4.69) is 24.2 Å². The second kappa shape index (κ2) is 5.28. The predicted octanol–water partition coefficient (Wildman–Crippen LogP) is 1.10. The molecule has 2 atom stereocenters. The fraction of sp³-hybridized carbons (Fsp3) is 1.00. The Morgan fingerprint density at radius 3 is 2.73 bits per heavy atom. The van der Waals surface area contributed by atoms with Gasteiger partial charge in [0.25, 0.3) is 0 Å². The summed E-state index contributed by atoms with van der Waals surface area (Å²) in [5, 5.41) is 3.53. The summed E-state index contributed by atoms with van der Waals surface area (Å²) in [5.41, 5.74) is 0.